The molecule has 110 valence electrons. The van der Waals surface area contributed by atoms with Crippen LogP contribution in [0, 0.1) is 11.6 Å². The Labute approximate surface area is 118 Å². The summed E-state index contributed by atoms with van der Waals surface area (Å²) in [5.41, 5.74) is -1.29. The predicted octanol–water partition coefficient (Wildman–Crippen LogP) is 1.86. The number of pyridine rings is 1. The van der Waals surface area contributed by atoms with E-state index in [1.165, 1.54) is 0 Å². The second-order valence-corrected chi connectivity index (χ2v) is 5.59. The molecule has 1 aromatic heterocycles. The minimum atomic E-state index is -4.29. The zero-order valence-corrected chi connectivity index (χ0v) is 11.1. The summed E-state index contributed by atoms with van der Waals surface area (Å²) in [4.78, 5) is 13.8. The summed E-state index contributed by atoms with van der Waals surface area (Å²) in [5.74, 6) is -3.61. The van der Waals surface area contributed by atoms with Gasteiger partial charge in [-0.3, -0.25) is 9.71 Å². The Hall–Kier alpha value is -2.55. The number of nitrogens with one attached hydrogen (secondary N) is 1. The molecule has 0 radical (unpaired) electrons. The largest absolute Gasteiger partial charge is 0.478 e. The van der Waals surface area contributed by atoms with Gasteiger partial charge in [0.2, 0.25) is 0 Å². The van der Waals surface area contributed by atoms with Gasteiger partial charge in [0.1, 0.15) is 22.1 Å². The van der Waals surface area contributed by atoms with Gasteiger partial charge in [-0.25, -0.2) is 22.0 Å². The van der Waals surface area contributed by atoms with Crippen molar-refractivity contribution in [1.29, 1.82) is 0 Å². The zero-order chi connectivity index (χ0) is 15.6. The first-order valence-electron chi connectivity index (χ1n) is 5.46. The van der Waals surface area contributed by atoms with Gasteiger partial charge < -0.3 is 5.11 Å². The van der Waals surface area contributed by atoms with Crippen molar-refractivity contribution in [3.05, 3.63) is 53.9 Å². The van der Waals surface area contributed by atoms with Gasteiger partial charge in [-0.15, -0.1) is 0 Å². The van der Waals surface area contributed by atoms with Gasteiger partial charge in [0.25, 0.3) is 10.0 Å². The van der Waals surface area contributed by atoms with Crippen LogP contribution in [0.1, 0.15) is 10.4 Å². The molecule has 0 saturated heterocycles. The van der Waals surface area contributed by atoms with Crippen molar-refractivity contribution in [2.45, 2.75) is 4.90 Å². The monoisotopic (exact) mass is 314 g/mol. The topological polar surface area (TPSA) is 96.4 Å². The lowest BCUT2D eigenvalue weighted by molar-refractivity contribution is 0.0693. The highest BCUT2D eigenvalue weighted by atomic mass is 32.2. The van der Waals surface area contributed by atoms with Crippen LogP contribution in [0.4, 0.5) is 14.5 Å². The summed E-state index contributed by atoms with van der Waals surface area (Å²) >= 11 is 0. The number of benzene rings is 1. The normalized spacial score (nSPS) is 11.1. The molecular formula is C12H8F2N2O4S. The summed E-state index contributed by atoms with van der Waals surface area (Å²) in [6.07, 6.45) is 1.69. The smallest absolute Gasteiger partial charge is 0.340 e. The van der Waals surface area contributed by atoms with E-state index in [0.29, 0.717) is 6.07 Å². The highest BCUT2D eigenvalue weighted by Crippen LogP contribution is 2.22. The minimum absolute atomic E-state index is 0.466. The Morgan fingerprint density at radius 2 is 1.95 bits per heavy atom. The van der Waals surface area contributed by atoms with Crippen LogP contribution in [0.3, 0.4) is 0 Å². The molecule has 0 saturated carbocycles. The number of halogens is 2. The Morgan fingerprint density at radius 3 is 2.57 bits per heavy atom. The van der Waals surface area contributed by atoms with Crippen LogP contribution < -0.4 is 4.72 Å². The second kappa shape index (κ2) is 5.44. The van der Waals surface area contributed by atoms with Crippen LogP contribution in [0.25, 0.3) is 0 Å². The summed E-state index contributed by atoms with van der Waals surface area (Å²) in [6, 6.07) is 3.81. The Bertz CT molecular complexity index is 809. The van der Waals surface area contributed by atoms with Crippen molar-refractivity contribution in [2.75, 3.05) is 4.72 Å². The molecule has 0 atom stereocenters. The number of hydrogen-bond acceptors (Lipinski definition) is 4. The third-order valence-corrected chi connectivity index (χ3v) is 3.79. The molecule has 0 aliphatic rings. The zero-order valence-electron chi connectivity index (χ0n) is 10.2. The van der Waals surface area contributed by atoms with E-state index in [2.05, 4.69) is 4.98 Å². The molecule has 0 fully saturated rings. The van der Waals surface area contributed by atoms with Crippen molar-refractivity contribution < 1.29 is 27.1 Å². The molecule has 6 nitrogen and oxygen atoms in total. The number of sulfonamides is 1. The van der Waals surface area contributed by atoms with E-state index in [1.54, 1.807) is 0 Å². The number of carbonyl (C=O) groups is 1. The standard InChI is InChI=1S/C12H8F2N2O4S/c13-7-4-8(6-15-5-7)21(19,20)16-10-3-1-2-9(14)11(10)12(17)18/h1-6,16H,(H,17,18). The molecule has 1 aromatic carbocycles. The Morgan fingerprint density at radius 1 is 1.24 bits per heavy atom. The molecule has 0 bridgehead atoms. The fourth-order valence-corrected chi connectivity index (χ4v) is 2.61. The first-order chi connectivity index (χ1) is 9.81. The predicted molar refractivity (Wildman–Crippen MR) is 68.4 cm³/mol. The maximum absolute atomic E-state index is 13.5. The van der Waals surface area contributed by atoms with Gasteiger partial charge in [0.15, 0.2) is 0 Å². The van der Waals surface area contributed by atoms with Gasteiger partial charge in [0, 0.05) is 6.20 Å². The molecule has 0 amide bonds. The fraction of sp³-hybridized carbons (Fsp3) is 0. The minimum Gasteiger partial charge on any atom is -0.478 e. The molecule has 2 aromatic rings. The molecule has 2 rings (SSSR count). The van der Waals surface area contributed by atoms with E-state index in [1.807, 2.05) is 4.72 Å². The van der Waals surface area contributed by atoms with E-state index in [0.717, 1.165) is 30.6 Å². The summed E-state index contributed by atoms with van der Waals surface area (Å²) < 4.78 is 52.4. The van der Waals surface area contributed by atoms with Crippen molar-refractivity contribution in [3.63, 3.8) is 0 Å². The summed E-state index contributed by atoms with van der Waals surface area (Å²) in [7, 11) is -4.29. The number of hydrogen-bond donors (Lipinski definition) is 2. The molecule has 0 aliphatic carbocycles. The first kappa shape index (κ1) is 14.9. The first-order valence-corrected chi connectivity index (χ1v) is 6.95. The number of rotatable bonds is 4. The molecule has 0 aliphatic heterocycles. The van der Waals surface area contributed by atoms with Gasteiger partial charge in [0.05, 0.1) is 11.9 Å². The maximum atomic E-state index is 13.5. The molecule has 0 unspecified atom stereocenters. The van der Waals surface area contributed by atoms with Gasteiger partial charge >= 0.3 is 5.97 Å². The van der Waals surface area contributed by atoms with Crippen molar-refractivity contribution in [2.24, 2.45) is 0 Å². The lowest BCUT2D eigenvalue weighted by atomic mass is 10.2. The molecule has 0 spiro atoms. The lowest BCUT2D eigenvalue weighted by Gasteiger charge is -2.10. The molecular weight excluding hydrogens is 306 g/mol. The molecule has 21 heavy (non-hydrogen) atoms. The highest BCUT2D eigenvalue weighted by Gasteiger charge is 2.21. The average molecular weight is 314 g/mol. The third-order valence-electron chi connectivity index (χ3n) is 2.46. The van der Waals surface area contributed by atoms with E-state index < -0.39 is 43.8 Å². The van der Waals surface area contributed by atoms with Gasteiger partial charge in [-0.05, 0) is 18.2 Å². The summed E-state index contributed by atoms with van der Waals surface area (Å²) in [6.45, 7) is 0. The fourth-order valence-electron chi connectivity index (χ4n) is 1.57. The number of carboxylic acid groups (broad SMARTS) is 1. The number of nitrogens with zero attached hydrogens (tertiary/aromatic N) is 1. The number of anilines is 1. The number of aromatic carboxylic acids is 1. The van der Waals surface area contributed by atoms with Crippen LogP contribution >= 0.6 is 0 Å². The Kier molecular flexibility index (Phi) is 3.85. The number of carboxylic acids is 1. The van der Waals surface area contributed by atoms with Crippen LogP contribution in [-0.2, 0) is 10.0 Å². The van der Waals surface area contributed by atoms with E-state index in [-0.39, 0.29) is 0 Å². The highest BCUT2D eigenvalue weighted by molar-refractivity contribution is 7.92. The SMILES string of the molecule is O=C(O)c1c(F)cccc1NS(=O)(=O)c1cncc(F)c1. The average Bonchev–Trinajstić information content (AvgIpc) is 2.37. The van der Waals surface area contributed by atoms with Gasteiger partial charge in [-0.2, -0.15) is 0 Å². The molecule has 9 heteroatoms. The van der Waals surface area contributed by atoms with Gasteiger partial charge in [-0.1, -0.05) is 6.07 Å². The molecule has 1 heterocycles. The quantitative estimate of drug-likeness (QED) is 0.898. The number of aromatic nitrogens is 1. The van der Waals surface area contributed by atoms with Crippen LogP contribution in [0.2, 0.25) is 0 Å². The molecule has 2 N–H and O–H groups in total. The second-order valence-electron chi connectivity index (χ2n) is 3.91. The van der Waals surface area contributed by atoms with Crippen molar-refractivity contribution in [3.8, 4) is 0 Å². The van der Waals surface area contributed by atoms with Crippen molar-refractivity contribution >= 4 is 21.7 Å². The Balaban J connectivity index is 2.47. The van der Waals surface area contributed by atoms with E-state index >= 15 is 0 Å². The van der Waals surface area contributed by atoms with Crippen LogP contribution in [-0.4, -0.2) is 24.5 Å². The maximum Gasteiger partial charge on any atom is 0.340 e. The lowest BCUT2D eigenvalue weighted by Crippen LogP contribution is -2.16. The van der Waals surface area contributed by atoms with Crippen LogP contribution in [0.5, 0.6) is 0 Å². The van der Waals surface area contributed by atoms with E-state index in [9.17, 15) is 22.0 Å². The van der Waals surface area contributed by atoms with Crippen LogP contribution in [0.15, 0.2) is 41.6 Å². The van der Waals surface area contributed by atoms with Crippen molar-refractivity contribution in [1.82, 2.24) is 4.98 Å². The van der Waals surface area contributed by atoms with E-state index in [4.69, 9.17) is 5.11 Å². The summed E-state index contributed by atoms with van der Waals surface area (Å²) in [5, 5.41) is 8.91. The third kappa shape index (κ3) is 3.14.